The molecule has 3 heterocycles. The Hall–Kier alpha value is -4.04. The summed E-state index contributed by atoms with van der Waals surface area (Å²) in [4.78, 5) is 28.5. The molecule has 3 fully saturated rings. The van der Waals surface area contributed by atoms with Crippen LogP contribution in [0.3, 0.4) is 0 Å². The fourth-order valence-electron chi connectivity index (χ4n) is 11.2. The van der Waals surface area contributed by atoms with Crippen molar-refractivity contribution in [2.45, 2.75) is 198 Å². The number of hydrogen-bond acceptors (Lipinski definition) is 10. The quantitative estimate of drug-likeness (QED) is 0.0631. The van der Waals surface area contributed by atoms with Crippen LogP contribution in [-0.2, 0) is 48.3 Å². The van der Waals surface area contributed by atoms with E-state index >= 15 is 0 Å². The second-order valence-corrected chi connectivity index (χ2v) is 20.6. The van der Waals surface area contributed by atoms with E-state index in [2.05, 4.69) is 43.9 Å². The van der Waals surface area contributed by atoms with Crippen molar-refractivity contribution in [3.63, 3.8) is 0 Å². The third-order valence-electron chi connectivity index (χ3n) is 15.1. The number of nitrogens with zero attached hydrogens (tertiary/aromatic N) is 4. The summed E-state index contributed by atoms with van der Waals surface area (Å²) in [5.41, 5.74) is 4.85. The van der Waals surface area contributed by atoms with Crippen LogP contribution >= 0.6 is 34.8 Å². The molecule has 5 aliphatic rings. The van der Waals surface area contributed by atoms with Crippen LogP contribution in [0.1, 0.15) is 197 Å². The topological polar surface area (TPSA) is 186 Å². The van der Waals surface area contributed by atoms with Crippen molar-refractivity contribution in [2.75, 3.05) is 20.8 Å². The summed E-state index contributed by atoms with van der Waals surface area (Å²) < 4.78 is 12.5. The number of benzene rings is 3. The lowest BCUT2D eigenvalue weighted by Crippen LogP contribution is -2.48. The number of esters is 1. The SMILES string of the molecule is C.C.COC(=O)C1(c2ccc(Cl)cc2)CCCCC1.COC1=NCCCCCC1.Clc1ccc(C2(c3nnc4n3CCCCCC4)CCCCC2)cc1.NN.NNC(=O)C1(c2ccc(Cl)cc2)CCCCC1. The lowest BCUT2D eigenvalue weighted by atomic mass is 9.68. The highest BCUT2D eigenvalue weighted by atomic mass is 35.5. The molecule has 0 spiro atoms. The number of aryl methyl sites for hydroxylation is 1. The molecule has 0 bridgehead atoms. The molecule has 0 unspecified atom stereocenters. The normalized spacial score (nSPS) is 18.8. The minimum Gasteiger partial charge on any atom is -0.484 e. The van der Waals surface area contributed by atoms with E-state index in [-0.39, 0.29) is 32.1 Å². The van der Waals surface area contributed by atoms with Crippen molar-refractivity contribution >= 4 is 52.6 Å². The van der Waals surface area contributed by atoms with Gasteiger partial charge in [0.1, 0.15) is 11.6 Å². The largest absolute Gasteiger partial charge is 0.484 e. The van der Waals surface area contributed by atoms with Crippen molar-refractivity contribution < 1.29 is 19.1 Å². The van der Waals surface area contributed by atoms with Gasteiger partial charge in [0.05, 0.1) is 30.5 Å². The van der Waals surface area contributed by atoms with Gasteiger partial charge < -0.3 is 14.0 Å². The Morgan fingerprint density at radius 2 is 0.986 bits per heavy atom. The molecule has 3 saturated carbocycles. The summed E-state index contributed by atoms with van der Waals surface area (Å²) in [6.45, 7) is 2.04. The first-order valence-electron chi connectivity index (χ1n) is 25.8. The van der Waals surface area contributed by atoms with E-state index in [4.69, 9.17) is 55.2 Å². The van der Waals surface area contributed by atoms with Gasteiger partial charge in [-0.1, -0.05) is 170 Å². The Morgan fingerprint density at radius 1 is 0.556 bits per heavy atom. The monoisotopic (exact) mass is 1050 g/mol. The molecule has 2 aliphatic heterocycles. The van der Waals surface area contributed by atoms with Crippen molar-refractivity contribution in [3.05, 3.63) is 116 Å². The average molecular weight is 1050 g/mol. The third-order valence-corrected chi connectivity index (χ3v) is 15.8. The number of nitrogens with one attached hydrogen (secondary N) is 1. The van der Waals surface area contributed by atoms with Gasteiger partial charge >= 0.3 is 5.97 Å². The average Bonchev–Trinajstić information content (AvgIpc) is 3.79. The van der Waals surface area contributed by atoms with Gasteiger partial charge in [0.25, 0.3) is 0 Å². The Balaban J connectivity index is 0.000000258. The van der Waals surface area contributed by atoms with Gasteiger partial charge in [0, 0.05) is 41.0 Å². The minimum absolute atomic E-state index is 0. The predicted octanol–water partition coefficient (Wildman–Crippen LogP) is 13.6. The minimum atomic E-state index is -0.461. The molecule has 15 heteroatoms. The highest BCUT2D eigenvalue weighted by Gasteiger charge is 2.43. The number of aliphatic imine (C=N–C) groups is 1. The number of hydrazine groups is 2. The zero-order valence-electron chi connectivity index (χ0n) is 41.8. The fourth-order valence-corrected chi connectivity index (χ4v) is 11.6. The molecule has 0 atom stereocenters. The van der Waals surface area contributed by atoms with Crippen LogP contribution in [0, 0.1) is 0 Å². The molecule has 1 amide bonds. The first kappa shape index (κ1) is 62.3. The second-order valence-electron chi connectivity index (χ2n) is 19.3. The Bertz CT molecular complexity index is 2100. The summed E-state index contributed by atoms with van der Waals surface area (Å²) >= 11 is 17.9. The highest BCUT2D eigenvalue weighted by Crippen LogP contribution is 2.45. The zero-order valence-corrected chi connectivity index (χ0v) is 44.1. The molecule has 1 aromatic heterocycles. The molecule has 0 radical (unpaired) electrons. The molecule has 3 aliphatic carbocycles. The van der Waals surface area contributed by atoms with Crippen LogP contribution in [-0.4, -0.2) is 53.3 Å². The molecule has 4 aromatic rings. The van der Waals surface area contributed by atoms with E-state index in [1.54, 1.807) is 7.11 Å². The number of carbonyl (C=O) groups is 2. The van der Waals surface area contributed by atoms with E-state index in [1.165, 1.54) is 121 Å². The second kappa shape index (κ2) is 32.3. The van der Waals surface area contributed by atoms with E-state index in [0.717, 1.165) is 99.3 Å². The van der Waals surface area contributed by atoms with E-state index < -0.39 is 10.8 Å². The van der Waals surface area contributed by atoms with E-state index in [1.807, 2.05) is 60.7 Å². The molecule has 12 nitrogen and oxygen atoms in total. The Morgan fingerprint density at radius 3 is 1.49 bits per heavy atom. The standard InChI is InChI=1S/C20H26ClN3.C14H17ClO2.C13H17ClN2O.C8H15NO.2CH4.H4N2/c21-17-11-9-16(10-12-17)20(13-5-3-6-14-20)19-23-22-18-8-4-1-2-7-15-24(18)19;1-17-13(16)14(9-3-2-4-10-14)11-5-7-12(15)8-6-11;14-11-6-4-10(5-7-11)13(12(17)16-15)8-2-1-3-9-13;1-10-8-6-4-2-3-5-7-9-8;;;1-2/h9-12H,1-8,13-15H2;5-8H,2-4,9-10H2,1H3;4-7H,1-3,8-9,15H2,(H,16,17);2-7H2,1H3;2*1H4;1-2H2. The lowest BCUT2D eigenvalue weighted by Gasteiger charge is -2.37. The van der Waals surface area contributed by atoms with Crippen LogP contribution in [0.25, 0.3) is 0 Å². The van der Waals surface area contributed by atoms with Crippen LogP contribution < -0.4 is 23.0 Å². The summed E-state index contributed by atoms with van der Waals surface area (Å²) in [7, 11) is 3.18. The van der Waals surface area contributed by atoms with Gasteiger partial charge in [0.15, 0.2) is 5.90 Å². The first-order chi connectivity index (χ1) is 34.1. The number of ether oxygens (including phenoxy) is 2. The molecule has 400 valence electrons. The number of amides is 1. The molecular weight excluding hydrogens is 967 g/mol. The van der Waals surface area contributed by atoms with Gasteiger partial charge in [-0.15, -0.1) is 10.2 Å². The Kier molecular flexibility index (Phi) is 27.9. The third kappa shape index (κ3) is 16.5. The number of carbonyl (C=O) groups excluding carboxylic acids is 2. The van der Waals surface area contributed by atoms with Crippen LogP contribution in [0.15, 0.2) is 77.8 Å². The summed E-state index contributed by atoms with van der Waals surface area (Å²) in [5, 5.41) is 11.6. The van der Waals surface area contributed by atoms with E-state index in [9.17, 15) is 9.59 Å². The van der Waals surface area contributed by atoms with Crippen molar-refractivity contribution in [1.82, 2.24) is 20.2 Å². The molecular formula is C57H87Cl3N8O4. The maximum Gasteiger partial charge on any atom is 0.316 e. The fraction of sp³-hybridized carbons (Fsp3) is 0.596. The predicted molar refractivity (Wildman–Crippen MR) is 299 cm³/mol. The Labute approximate surface area is 447 Å². The summed E-state index contributed by atoms with van der Waals surface area (Å²) in [5.74, 6) is 16.5. The van der Waals surface area contributed by atoms with Gasteiger partial charge in [-0.05, 0) is 117 Å². The van der Waals surface area contributed by atoms with Crippen molar-refractivity contribution in [3.8, 4) is 0 Å². The molecule has 0 saturated heterocycles. The zero-order chi connectivity index (χ0) is 50.2. The molecule has 9 rings (SSSR count). The van der Waals surface area contributed by atoms with Crippen LogP contribution in [0.2, 0.25) is 15.1 Å². The van der Waals surface area contributed by atoms with Gasteiger partial charge in [-0.25, -0.2) is 5.84 Å². The van der Waals surface area contributed by atoms with Crippen LogP contribution in [0.4, 0.5) is 0 Å². The maximum atomic E-state index is 12.1. The molecule has 72 heavy (non-hydrogen) atoms. The van der Waals surface area contributed by atoms with E-state index in [0.29, 0.717) is 10.0 Å². The summed E-state index contributed by atoms with van der Waals surface area (Å²) in [6.07, 6.45) is 28.8. The maximum absolute atomic E-state index is 12.1. The van der Waals surface area contributed by atoms with Gasteiger partial charge in [0.2, 0.25) is 5.91 Å². The number of hydrogen-bond donors (Lipinski definition) is 4. The number of nitrogens with two attached hydrogens (primary N) is 3. The molecule has 7 N–H and O–H groups in total. The highest BCUT2D eigenvalue weighted by molar-refractivity contribution is 6.31. The van der Waals surface area contributed by atoms with Crippen molar-refractivity contribution in [1.29, 1.82) is 0 Å². The number of methoxy groups -OCH3 is 2. The van der Waals surface area contributed by atoms with Crippen molar-refractivity contribution in [2.24, 2.45) is 22.5 Å². The van der Waals surface area contributed by atoms with Gasteiger partial charge in [-0.3, -0.25) is 31.7 Å². The molecule has 3 aromatic carbocycles. The lowest BCUT2D eigenvalue weighted by molar-refractivity contribution is -0.149. The van der Waals surface area contributed by atoms with Crippen LogP contribution in [0.5, 0.6) is 0 Å². The summed E-state index contributed by atoms with van der Waals surface area (Å²) in [6, 6.07) is 23.6. The number of rotatable bonds is 6. The van der Waals surface area contributed by atoms with Gasteiger partial charge in [-0.2, -0.15) is 0 Å². The smallest absolute Gasteiger partial charge is 0.316 e. The number of halogens is 3. The number of fused-ring (bicyclic) bond motifs is 1. The number of aromatic nitrogens is 3. The first-order valence-corrected chi connectivity index (χ1v) is 26.9.